The van der Waals surface area contributed by atoms with Crippen LogP contribution < -0.4 is 5.73 Å². The summed E-state index contributed by atoms with van der Waals surface area (Å²) in [6, 6.07) is 4.95. The summed E-state index contributed by atoms with van der Waals surface area (Å²) in [7, 11) is 0. The first-order chi connectivity index (χ1) is 8.41. The molecule has 0 amide bonds. The van der Waals surface area contributed by atoms with Crippen LogP contribution in [0.25, 0.3) is 0 Å². The minimum atomic E-state index is -2.53. The van der Waals surface area contributed by atoms with Gasteiger partial charge in [-0.1, -0.05) is 35.3 Å². The number of benzene rings is 1. The summed E-state index contributed by atoms with van der Waals surface area (Å²) in [5, 5.41) is 0.884. The molecule has 0 spiro atoms. The monoisotopic (exact) mass is 293 g/mol. The summed E-state index contributed by atoms with van der Waals surface area (Å²) >= 11 is 12.0. The third-order valence-electron chi connectivity index (χ3n) is 3.61. The van der Waals surface area contributed by atoms with Gasteiger partial charge in [-0.25, -0.2) is 8.78 Å². The first-order valence-electron chi connectivity index (χ1n) is 5.98. The van der Waals surface area contributed by atoms with E-state index in [4.69, 9.17) is 28.9 Å². The highest BCUT2D eigenvalue weighted by molar-refractivity contribution is 6.42. The topological polar surface area (TPSA) is 26.0 Å². The quantitative estimate of drug-likeness (QED) is 0.831. The van der Waals surface area contributed by atoms with Gasteiger partial charge in [-0.05, 0) is 30.4 Å². The zero-order valence-electron chi connectivity index (χ0n) is 9.80. The van der Waals surface area contributed by atoms with Crippen LogP contribution in [0.5, 0.6) is 0 Å². The molecule has 0 saturated heterocycles. The van der Waals surface area contributed by atoms with Crippen molar-refractivity contribution in [3.05, 3.63) is 33.8 Å². The average Bonchev–Trinajstić information content (AvgIpc) is 2.32. The van der Waals surface area contributed by atoms with Gasteiger partial charge in [-0.15, -0.1) is 0 Å². The van der Waals surface area contributed by atoms with Gasteiger partial charge in [0.2, 0.25) is 5.92 Å². The third-order valence-corrected chi connectivity index (χ3v) is 4.44. The van der Waals surface area contributed by atoms with Crippen molar-refractivity contribution in [3.63, 3.8) is 0 Å². The maximum absolute atomic E-state index is 13.1. The van der Waals surface area contributed by atoms with Gasteiger partial charge >= 0.3 is 0 Å². The van der Waals surface area contributed by atoms with Gasteiger partial charge in [0.25, 0.3) is 0 Å². The number of hydrogen-bond donors (Lipinski definition) is 1. The van der Waals surface area contributed by atoms with Gasteiger partial charge in [-0.2, -0.15) is 0 Å². The Hall–Kier alpha value is -0.380. The molecule has 0 aromatic heterocycles. The van der Waals surface area contributed by atoms with Crippen LogP contribution in [-0.4, -0.2) is 5.92 Å². The normalized spacial score (nSPS) is 21.8. The van der Waals surface area contributed by atoms with Crippen LogP contribution >= 0.6 is 23.2 Å². The number of alkyl halides is 2. The van der Waals surface area contributed by atoms with Crippen molar-refractivity contribution in [3.8, 4) is 0 Å². The maximum atomic E-state index is 13.1. The van der Waals surface area contributed by atoms with Crippen molar-refractivity contribution in [2.45, 2.75) is 37.6 Å². The second kappa shape index (κ2) is 5.32. The van der Waals surface area contributed by atoms with E-state index in [0.717, 1.165) is 5.56 Å². The summed E-state index contributed by atoms with van der Waals surface area (Å²) in [5.41, 5.74) is 6.89. The Balaban J connectivity index is 2.12. The lowest BCUT2D eigenvalue weighted by atomic mass is 9.80. The van der Waals surface area contributed by atoms with E-state index in [9.17, 15) is 8.78 Å². The molecule has 0 heterocycles. The summed E-state index contributed by atoms with van der Waals surface area (Å²) < 4.78 is 26.2. The molecular weight excluding hydrogens is 279 g/mol. The number of rotatable bonds is 2. The molecule has 2 N–H and O–H groups in total. The fraction of sp³-hybridized carbons (Fsp3) is 0.538. The molecule has 1 unspecified atom stereocenters. The highest BCUT2D eigenvalue weighted by atomic mass is 35.5. The Morgan fingerprint density at radius 1 is 1.22 bits per heavy atom. The van der Waals surface area contributed by atoms with E-state index in [1.54, 1.807) is 12.1 Å². The van der Waals surface area contributed by atoms with E-state index < -0.39 is 5.92 Å². The van der Waals surface area contributed by atoms with Crippen LogP contribution in [0.2, 0.25) is 10.0 Å². The van der Waals surface area contributed by atoms with E-state index in [-0.39, 0.29) is 24.8 Å². The van der Waals surface area contributed by atoms with Crippen molar-refractivity contribution in [1.29, 1.82) is 0 Å². The Bertz CT molecular complexity index is 427. The van der Waals surface area contributed by atoms with Crippen molar-refractivity contribution >= 4 is 23.2 Å². The molecule has 5 heteroatoms. The van der Waals surface area contributed by atoms with Gasteiger partial charge in [0.15, 0.2) is 0 Å². The number of nitrogens with two attached hydrogens (primary N) is 1. The lowest BCUT2D eigenvalue weighted by molar-refractivity contribution is -0.0483. The lowest BCUT2D eigenvalue weighted by Gasteiger charge is -2.32. The van der Waals surface area contributed by atoms with E-state index in [2.05, 4.69) is 0 Å². The van der Waals surface area contributed by atoms with Gasteiger partial charge in [0, 0.05) is 18.9 Å². The minimum Gasteiger partial charge on any atom is -0.324 e. The predicted octanol–water partition coefficient (Wildman–Crippen LogP) is 4.82. The molecule has 18 heavy (non-hydrogen) atoms. The standard InChI is InChI=1S/C13H15Cl2F2N/c14-10-3-1-2-9(11(10)15)12(18)8-4-6-13(16,17)7-5-8/h1-3,8,12H,4-7,18H2. The molecule has 1 saturated carbocycles. The molecule has 0 aliphatic heterocycles. The number of hydrogen-bond acceptors (Lipinski definition) is 1. The van der Waals surface area contributed by atoms with Crippen LogP contribution in [0.3, 0.4) is 0 Å². The second-order valence-corrected chi connectivity index (χ2v) is 5.65. The lowest BCUT2D eigenvalue weighted by Crippen LogP contribution is -2.31. The van der Waals surface area contributed by atoms with Gasteiger partial charge in [-0.3, -0.25) is 0 Å². The fourth-order valence-corrected chi connectivity index (χ4v) is 2.89. The van der Waals surface area contributed by atoms with E-state index in [1.165, 1.54) is 0 Å². The van der Waals surface area contributed by atoms with Gasteiger partial charge < -0.3 is 5.73 Å². The van der Waals surface area contributed by atoms with Crippen LogP contribution in [0.4, 0.5) is 8.78 Å². The zero-order chi connectivity index (χ0) is 13.3. The Labute approximate surface area is 115 Å². The van der Waals surface area contributed by atoms with Crippen LogP contribution in [-0.2, 0) is 0 Å². The molecule has 2 rings (SSSR count). The first-order valence-corrected chi connectivity index (χ1v) is 6.73. The molecule has 1 fully saturated rings. The molecule has 1 aliphatic carbocycles. The van der Waals surface area contributed by atoms with Crippen molar-refractivity contribution < 1.29 is 8.78 Å². The summed E-state index contributed by atoms with van der Waals surface area (Å²) in [4.78, 5) is 0. The van der Waals surface area contributed by atoms with Crippen LogP contribution in [0.15, 0.2) is 18.2 Å². The van der Waals surface area contributed by atoms with E-state index >= 15 is 0 Å². The molecular formula is C13H15Cl2F2N. The zero-order valence-corrected chi connectivity index (χ0v) is 11.3. The SMILES string of the molecule is NC(c1cccc(Cl)c1Cl)C1CCC(F)(F)CC1. The minimum absolute atomic E-state index is 0.0422. The molecule has 1 aliphatic rings. The smallest absolute Gasteiger partial charge is 0.248 e. The second-order valence-electron chi connectivity index (χ2n) is 4.86. The third kappa shape index (κ3) is 2.95. The molecule has 1 nitrogen and oxygen atoms in total. The average molecular weight is 294 g/mol. The fourth-order valence-electron chi connectivity index (χ4n) is 2.45. The Kier molecular flexibility index (Phi) is 4.15. The van der Waals surface area contributed by atoms with Crippen LogP contribution in [0, 0.1) is 5.92 Å². The maximum Gasteiger partial charge on any atom is 0.248 e. The molecule has 100 valence electrons. The van der Waals surface area contributed by atoms with Crippen LogP contribution in [0.1, 0.15) is 37.3 Å². The Morgan fingerprint density at radius 2 is 1.83 bits per heavy atom. The Morgan fingerprint density at radius 3 is 2.44 bits per heavy atom. The summed E-state index contributed by atoms with van der Waals surface area (Å²) in [6.07, 6.45) is 0.668. The molecule has 0 bridgehead atoms. The predicted molar refractivity (Wildman–Crippen MR) is 70.3 cm³/mol. The van der Waals surface area contributed by atoms with Crippen molar-refractivity contribution in [2.75, 3.05) is 0 Å². The number of halogens is 4. The summed E-state index contributed by atoms with van der Waals surface area (Å²) in [5.74, 6) is -2.49. The molecule has 1 atom stereocenters. The van der Waals surface area contributed by atoms with Crippen molar-refractivity contribution in [1.82, 2.24) is 0 Å². The highest BCUT2D eigenvalue weighted by Crippen LogP contribution is 2.42. The molecule has 1 aromatic carbocycles. The summed E-state index contributed by atoms with van der Waals surface area (Å²) in [6.45, 7) is 0. The highest BCUT2D eigenvalue weighted by Gasteiger charge is 2.37. The van der Waals surface area contributed by atoms with E-state index in [1.807, 2.05) is 6.07 Å². The van der Waals surface area contributed by atoms with Gasteiger partial charge in [0.1, 0.15) is 0 Å². The molecule has 0 radical (unpaired) electrons. The van der Waals surface area contributed by atoms with Crippen molar-refractivity contribution in [2.24, 2.45) is 11.7 Å². The molecule has 1 aromatic rings. The first kappa shape index (κ1) is 14.0. The largest absolute Gasteiger partial charge is 0.324 e. The van der Waals surface area contributed by atoms with Gasteiger partial charge in [0.05, 0.1) is 10.0 Å². The van der Waals surface area contributed by atoms with E-state index in [0.29, 0.717) is 22.9 Å².